The number of amidine groups is 1. The molecule has 1 aromatic carbocycles. The fraction of sp³-hybridized carbons (Fsp3) is 0.500. The van der Waals surface area contributed by atoms with Crippen LogP contribution >= 0.6 is 11.8 Å². The highest BCUT2D eigenvalue weighted by atomic mass is 32.2. The second-order valence-electron chi connectivity index (χ2n) is 7.17. The fourth-order valence-electron chi connectivity index (χ4n) is 3.12. The van der Waals surface area contributed by atoms with E-state index in [0.717, 1.165) is 31.1 Å². The van der Waals surface area contributed by atoms with E-state index >= 15 is 0 Å². The highest BCUT2D eigenvalue weighted by Crippen LogP contribution is 2.29. The number of likely N-dealkylation sites (tertiary alicyclic amines) is 1. The van der Waals surface area contributed by atoms with E-state index in [-0.39, 0.29) is 24.3 Å². The molecule has 0 radical (unpaired) electrons. The smallest absolute Gasteiger partial charge is 0.338 e. The monoisotopic (exact) mass is 403 g/mol. The molecule has 0 saturated carbocycles. The van der Waals surface area contributed by atoms with Crippen molar-refractivity contribution in [3.05, 3.63) is 29.8 Å². The van der Waals surface area contributed by atoms with Crippen LogP contribution in [0.4, 0.5) is 5.69 Å². The van der Waals surface area contributed by atoms with Gasteiger partial charge in [-0.05, 0) is 51.3 Å². The number of nitrogens with one attached hydrogen (secondary N) is 1. The summed E-state index contributed by atoms with van der Waals surface area (Å²) in [7, 11) is 0. The number of piperidine rings is 1. The largest absolute Gasteiger partial charge is 0.459 e. The molecule has 1 atom stereocenters. The Bertz CT molecular complexity index is 787. The molecule has 3 rings (SSSR count). The number of aliphatic imine (C=N–C) groups is 1. The molecule has 150 valence electrons. The normalized spacial score (nSPS) is 19.5. The average Bonchev–Trinajstić information content (AvgIpc) is 3.02. The SMILES string of the molecule is CC(C)OC(=O)c1cccc(NC(=O)CC2SC(N3CCCCC3)=NC2=O)c1. The van der Waals surface area contributed by atoms with Crippen molar-refractivity contribution < 1.29 is 19.1 Å². The van der Waals surface area contributed by atoms with Crippen LogP contribution in [-0.2, 0) is 14.3 Å². The van der Waals surface area contributed by atoms with Crippen LogP contribution in [0.2, 0.25) is 0 Å². The number of thioether (sulfide) groups is 1. The van der Waals surface area contributed by atoms with Gasteiger partial charge in [0.2, 0.25) is 5.91 Å². The molecule has 0 spiro atoms. The molecule has 7 nitrogen and oxygen atoms in total. The van der Waals surface area contributed by atoms with Gasteiger partial charge in [-0.3, -0.25) is 9.59 Å². The lowest BCUT2D eigenvalue weighted by Gasteiger charge is -2.27. The molecule has 0 aromatic heterocycles. The highest BCUT2D eigenvalue weighted by molar-refractivity contribution is 8.15. The zero-order chi connectivity index (χ0) is 20.1. The van der Waals surface area contributed by atoms with Crippen LogP contribution in [0.1, 0.15) is 49.9 Å². The molecule has 0 bridgehead atoms. The summed E-state index contributed by atoms with van der Waals surface area (Å²) < 4.78 is 5.17. The summed E-state index contributed by atoms with van der Waals surface area (Å²) in [5, 5.41) is 3.00. The molecule has 0 aliphatic carbocycles. The Labute approximate surface area is 168 Å². The van der Waals surface area contributed by atoms with Gasteiger partial charge in [0.15, 0.2) is 5.17 Å². The number of ether oxygens (including phenoxy) is 1. The number of amides is 2. The summed E-state index contributed by atoms with van der Waals surface area (Å²) >= 11 is 1.37. The van der Waals surface area contributed by atoms with Gasteiger partial charge in [-0.15, -0.1) is 0 Å². The number of benzene rings is 1. The fourth-order valence-corrected chi connectivity index (χ4v) is 4.23. The summed E-state index contributed by atoms with van der Waals surface area (Å²) in [6.07, 6.45) is 3.25. The van der Waals surface area contributed by atoms with Gasteiger partial charge in [0.1, 0.15) is 5.25 Å². The van der Waals surface area contributed by atoms with E-state index in [0.29, 0.717) is 11.3 Å². The number of carbonyl (C=O) groups is 3. The van der Waals surface area contributed by atoms with Gasteiger partial charge in [0.25, 0.3) is 5.91 Å². The van der Waals surface area contributed by atoms with Crippen LogP contribution in [0.15, 0.2) is 29.3 Å². The molecular formula is C20H25N3O4S. The van der Waals surface area contributed by atoms with E-state index in [1.54, 1.807) is 38.1 Å². The van der Waals surface area contributed by atoms with Crippen LogP contribution < -0.4 is 5.32 Å². The quantitative estimate of drug-likeness (QED) is 0.760. The molecule has 1 unspecified atom stereocenters. The molecule has 1 aromatic rings. The van der Waals surface area contributed by atoms with Gasteiger partial charge in [-0.25, -0.2) is 4.79 Å². The first-order valence-corrected chi connectivity index (χ1v) is 10.5. The van der Waals surface area contributed by atoms with E-state index in [2.05, 4.69) is 15.2 Å². The maximum atomic E-state index is 12.4. The lowest BCUT2D eigenvalue weighted by Crippen LogP contribution is -2.33. The zero-order valence-corrected chi connectivity index (χ0v) is 17.0. The van der Waals surface area contributed by atoms with Crippen LogP contribution in [-0.4, -0.2) is 52.3 Å². The van der Waals surface area contributed by atoms with Gasteiger partial charge < -0.3 is 15.0 Å². The van der Waals surface area contributed by atoms with E-state index in [9.17, 15) is 14.4 Å². The molecule has 2 heterocycles. The average molecular weight is 404 g/mol. The van der Waals surface area contributed by atoms with E-state index in [1.807, 2.05) is 0 Å². The molecule has 1 saturated heterocycles. The van der Waals surface area contributed by atoms with Crippen LogP contribution in [0.5, 0.6) is 0 Å². The third-order valence-electron chi connectivity index (χ3n) is 4.45. The first kappa shape index (κ1) is 20.4. The second-order valence-corrected chi connectivity index (χ2v) is 8.34. The van der Waals surface area contributed by atoms with Crippen molar-refractivity contribution in [2.45, 2.75) is 50.9 Å². The Morgan fingerprint density at radius 2 is 2.04 bits per heavy atom. The summed E-state index contributed by atoms with van der Waals surface area (Å²) in [6, 6.07) is 6.58. The first-order valence-electron chi connectivity index (χ1n) is 9.57. The minimum Gasteiger partial charge on any atom is -0.459 e. The van der Waals surface area contributed by atoms with Crippen molar-refractivity contribution in [2.24, 2.45) is 4.99 Å². The Morgan fingerprint density at radius 3 is 2.75 bits per heavy atom. The van der Waals surface area contributed by atoms with Crippen molar-refractivity contribution in [1.82, 2.24) is 4.90 Å². The Balaban J connectivity index is 1.55. The van der Waals surface area contributed by atoms with Crippen molar-refractivity contribution in [2.75, 3.05) is 18.4 Å². The number of hydrogen-bond donors (Lipinski definition) is 1. The second kappa shape index (κ2) is 9.23. The zero-order valence-electron chi connectivity index (χ0n) is 16.1. The molecular weight excluding hydrogens is 378 g/mol. The van der Waals surface area contributed by atoms with Gasteiger partial charge >= 0.3 is 5.97 Å². The highest BCUT2D eigenvalue weighted by Gasteiger charge is 2.33. The Kier molecular flexibility index (Phi) is 6.72. The maximum absolute atomic E-state index is 12.4. The lowest BCUT2D eigenvalue weighted by molar-refractivity contribution is -0.121. The first-order chi connectivity index (χ1) is 13.4. The Hall–Kier alpha value is -2.35. The standard InChI is InChI=1S/C20H25N3O4S/c1-13(2)27-19(26)14-7-6-8-15(11-14)21-17(24)12-16-18(25)22-20(28-16)23-9-4-3-5-10-23/h6-8,11,13,16H,3-5,9-10,12H2,1-2H3,(H,21,24). The minimum absolute atomic E-state index is 0.0466. The topological polar surface area (TPSA) is 88.1 Å². The minimum atomic E-state index is -0.494. The number of hydrogen-bond acceptors (Lipinski definition) is 6. The maximum Gasteiger partial charge on any atom is 0.338 e. The van der Waals surface area contributed by atoms with Gasteiger partial charge in [0.05, 0.1) is 11.7 Å². The number of nitrogens with zero attached hydrogens (tertiary/aromatic N) is 2. The van der Waals surface area contributed by atoms with Crippen LogP contribution in [0.25, 0.3) is 0 Å². The molecule has 2 aliphatic rings. The number of carbonyl (C=O) groups excluding carboxylic acids is 3. The predicted molar refractivity (Wildman–Crippen MR) is 109 cm³/mol. The van der Waals surface area contributed by atoms with Crippen LogP contribution in [0.3, 0.4) is 0 Å². The third kappa shape index (κ3) is 5.34. The van der Waals surface area contributed by atoms with Gasteiger partial charge in [-0.2, -0.15) is 4.99 Å². The van der Waals surface area contributed by atoms with Crippen molar-refractivity contribution in [3.8, 4) is 0 Å². The molecule has 2 amide bonds. The molecule has 28 heavy (non-hydrogen) atoms. The third-order valence-corrected chi connectivity index (χ3v) is 5.66. The number of anilines is 1. The predicted octanol–water partition coefficient (Wildman–Crippen LogP) is 3.06. The van der Waals surface area contributed by atoms with Crippen molar-refractivity contribution in [1.29, 1.82) is 0 Å². The molecule has 8 heteroatoms. The van der Waals surface area contributed by atoms with E-state index in [1.165, 1.54) is 18.2 Å². The van der Waals surface area contributed by atoms with E-state index in [4.69, 9.17) is 4.74 Å². The van der Waals surface area contributed by atoms with Gasteiger partial charge in [0, 0.05) is 25.2 Å². The molecule has 1 N–H and O–H groups in total. The summed E-state index contributed by atoms with van der Waals surface area (Å²) in [5.41, 5.74) is 0.865. The molecule has 2 aliphatic heterocycles. The van der Waals surface area contributed by atoms with Gasteiger partial charge in [-0.1, -0.05) is 17.8 Å². The lowest BCUT2D eigenvalue weighted by atomic mass is 10.1. The van der Waals surface area contributed by atoms with Crippen LogP contribution in [0, 0.1) is 0 Å². The summed E-state index contributed by atoms with van der Waals surface area (Å²) in [4.78, 5) is 42.9. The number of rotatable bonds is 5. The summed E-state index contributed by atoms with van der Waals surface area (Å²) in [5.74, 6) is -0.975. The van der Waals surface area contributed by atoms with Crippen molar-refractivity contribution in [3.63, 3.8) is 0 Å². The van der Waals surface area contributed by atoms with E-state index < -0.39 is 11.2 Å². The summed E-state index contributed by atoms with van der Waals surface area (Å²) in [6.45, 7) is 5.38. The van der Waals surface area contributed by atoms with Crippen molar-refractivity contribution >= 4 is 40.4 Å². The number of esters is 1. The molecule has 1 fully saturated rings. The Morgan fingerprint density at radius 1 is 1.29 bits per heavy atom.